The third-order valence-electron chi connectivity index (χ3n) is 8.77. The van der Waals surface area contributed by atoms with E-state index >= 15 is 0 Å². The first-order valence-electron chi connectivity index (χ1n) is 17.3. The van der Waals surface area contributed by atoms with Crippen molar-refractivity contribution >= 4 is 40.4 Å². The highest BCUT2D eigenvalue weighted by molar-refractivity contribution is 5.84. The number of rotatable bonds is 11. The Bertz CT molecular complexity index is 1640. The zero-order chi connectivity index (χ0) is 35.0. The Morgan fingerprint density at radius 2 is 1.73 bits per heavy atom. The number of carbonyl (C=O) groups excluding carboxylic acids is 3. The molecule has 0 bridgehead atoms. The minimum absolute atomic E-state index is 0.0258. The quantitative estimate of drug-likeness (QED) is 0.184. The number of amides is 2. The molecule has 2 aliphatic rings. The Labute approximate surface area is 288 Å². The minimum atomic E-state index is -0.537. The van der Waals surface area contributed by atoms with E-state index in [0.717, 1.165) is 36.9 Å². The van der Waals surface area contributed by atoms with Crippen molar-refractivity contribution in [3.63, 3.8) is 0 Å². The zero-order valence-electron chi connectivity index (χ0n) is 29.1. The van der Waals surface area contributed by atoms with Gasteiger partial charge in [0, 0.05) is 37.7 Å². The number of esters is 1. The van der Waals surface area contributed by atoms with Gasteiger partial charge >= 0.3 is 12.1 Å². The van der Waals surface area contributed by atoms with Crippen molar-refractivity contribution < 1.29 is 28.6 Å². The van der Waals surface area contributed by atoms with Crippen molar-refractivity contribution in [2.45, 2.75) is 103 Å². The normalized spacial score (nSPS) is 15.8. The number of hydrogen-bond acceptors (Lipinski definition) is 8. The minimum Gasteiger partial charge on any atom is -0.490 e. The van der Waals surface area contributed by atoms with Crippen molar-refractivity contribution in [2.24, 2.45) is 0 Å². The van der Waals surface area contributed by atoms with Crippen LogP contribution in [0.2, 0.25) is 0 Å². The van der Waals surface area contributed by atoms with E-state index in [0.29, 0.717) is 48.7 Å². The Kier molecular flexibility index (Phi) is 11.6. The zero-order valence-corrected chi connectivity index (χ0v) is 29.1. The first-order chi connectivity index (χ1) is 23.5. The number of imidazole rings is 1. The van der Waals surface area contributed by atoms with Crippen LogP contribution in [-0.2, 0) is 32.2 Å². The summed E-state index contributed by atoms with van der Waals surface area (Å²) in [6.45, 7) is 16.5. The molecule has 2 amide bonds. The Morgan fingerprint density at radius 3 is 2.39 bits per heavy atom. The summed E-state index contributed by atoms with van der Waals surface area (Å²) < 4.78 is 19.0. The number of carbonyl (C=O) groups is 3. The van der Waals surface area contributed by atoms with E-state index in [4.69, 9.17) is 25.8 Å². The van der Waals surface area contributed by atoms with Crippen LogP contribution >= 0.6 is 0 Å². The highest BCUT2D eigenvalue weighted by Crippen LogP contribution is 2.28. The molecule has 0 spiro atoms. The lowest BCUT2D eigenvalue weighted by Crippen LogP contribution is -2.44. The summed E-state index contributed by atoms with van der Waals surface area (Å²) in [6.07, 6.45) is 6.43. The fourth-order valence-electron chi connectivity index (χ4n) is 6.38. The fourth-order valence-corrected chi connectivity index (χ4v) is 6.38. The highest BCUT2D eigenvalue weighted by atomic mass is 16.6. The van der Waals surface area contributed by atoms with Gasteiger partial charge in [0.15, 0.2) is 5.69 Å². The van der Waals surface area contributed by atoms with Gasteiger partial charge in [-0.3, -0.25) is 9.59 Å². The maximum absolute atomic E-state index is 13.3. The predicted octanol–water partition coefficient (Wildman–Crippen LogP) is 6.38. The number of nitrogens with zero attached hydrogens (tertiary/aromatic N) is 5. The van der Waals surface area contributed by atoms with Crippen LogP contribution in [0.15, 0.2) is 42.5 Å². The molecule has 5 rings (SSSR count). The van der Waals surface area contributed by atoms with Crippen molar-refractivity contribution in [3.05, 3.63) is 59.7 Å². The van der Waals surface area contributed by atoms with Gasteiger partial charge < -0.3 is 33.9 Å². The first kappa shape index (κ1) is 35.5. The smallest absolute Gasteiger partial charge is 0.410 e. The second kappa shape index (κ2) is 16.1. The molecular formula is C37H48N6O6. The summed E-state index contributed by atoms with van der Waals surface area (Å²) in [5, 5.41) is 3.20. The number of ether oxygens (including phenoxy) is 3. The molecule has 1 N–H and O–H groups in total. The van der Waals surface area contributed by atoms with E-state index in [2.05, 4.69) is 10.2 Å². The van der Waals surface area contributed by atoms with Crippen molar-refractivity contribution in [3.8, 4) is 5.75 Å². The lowest BCUT2D eigenvalue weighted by Gasteiger charge is -2.33. The van der Waals surface area contributed by atoms with Gasteiger partial charge in [-0.15, -0.1) is 0 Å². The summed E-state index contributed by atoms with van der Waals surface area (Å²) in [5.41, 5.74) is 2.05. The number of hydrogen-bond donors (Lipinski definition) is 1. The van der Waals surface area contributed by atoms with Crippen molar-refractivity contribution in [1.29, 1.82) is 0 Å². The van der Waals surface area contributed by atoms with E-state index in [1.165, 1.54) is 6.42 Å². The molecule has 262 valence electrons. The van der Waals surface area contributed by atoms with Gasteiger partial charge in [0.2, 0.25) is 5.91 Å². The second-order valence-electron chi connectivity index (χ2n) is 13.7. The Balaban J connectivity index is 1.32. The summed E-state index contributed by atoms with van der Waals surface area (Å²) in [5.74, 6) is 0.816. The van der Waals surface area contributed by atoms with Gasteiger partial charge in [-0.1, -0.05) is 25.3 Å². The predicted molar refractivity (Wildman–Crippen MR) is 187 cm³/mol. The summed E-state index contributed by atoms with van der Waals surface area (Å²) in [6, 6.07) is 13.0. The van der Waals surface area contributed by atoms with Crippen LogP contribution in [-0.4, -0.2) is 76.4 Å². The summed E-state index contributed by atoms with van der Waals surface area (Å²) in [4.78, 5) is 50.5. The number of anilines is 1. The third-order valence-corrected chi connectivity index (χ3v) is 8.77. The largest absolute Gasteiger partial charge is 0.490 e. The van der Waals surface area contributed by atoms with Crippen LogP contribution < -0.4 is 15.0 Å². The van der Waals surface area contributed by atoms with Crippen LogP contribution in [0.3, 0.4) is 0 Å². The molecule has 49 heavy (non-hydrogen) atoms. The van der Waals surface area contributed by atoms with E-state index in [1.807, 2.05) is 60.6 Å². The standard InChI is InChI=1S/C37H48N6O6/c1-6-47-35(45)25-42(28-13-15-29(16-14-28)48-30-18-20-41(21-19-30)36(46)49-37(2,3)4)23-33-40-31-22-27(38-5)12-17-32(31)43(33)24-34(44)39-26-10-8-7-9-11-26/h12-17,22,26,30H,6-11,18-21,23-25H2,1-4H3,(H,39,44). The summed E-state index contributed by atoms with van der Waals surface area (Å²) in [7, 11) is 0. The molecule has 1 aliphatic heterocycles. The molecule has 2 aromatic carbocycles. The molecule has 0 unspecified atom stereocenters. The fraction of sp³-hybridized carbons (Fsp3) is 0.541. The maximum Gasteiger partial charge on any atom is 0.410 e. The molecule has 2 fully saturated rings. The van der Waals surface area contributed by atoms with E-state index in [-0.39, 0.29) is 56.4 Å². The van der Waals surface area contributed by atoms with Gasteiger partial charge in [0.05, 0.1) is 30.8 Å². The van der Waals surface area contributed by atoms with Gasteiger partial charge in [0.1, 0.15) is 36.4 Å². The lowest BCUT2D eigenvalue weighted by atomic mass is 9.95. The first-order valence-corrected chi connectivity index (χ1v) is 17.3. The van der Waals surface area contributed by atoms with Gasteiger partial charge in [-0.05, 0) is 76.9 Å². The summed E-state index contributed by atoms with van der Waals surface area (Å²) >= 11 is 0. The van der Waals surface area contributed by atoms with Gasteiger partial charge in [-0.25, -0.2) is 14.6 Å². The van der Waals surface area contributed by atoms with E-state index in [1.54, 1.807) is 24.0 Å². The molecule has 3 aromatic rings. The number of fused-ring (bicyclic) bond motifs is 1. The molecule has 1 aromatic heterocycles. The number of aromatic nitrogens is 2. The number of nitrogens with one attached hydrogen (secondary N) is 1. The number of benzene rings is 2. The van der Waals surface area contributed by atoms with E-state index in [9.17, 15) is 14.4 Å². The molecular weight excluding hydrogens is 624 g/mol. The van der Waals surface area contributed by atoms with Gasteiger partial charge in [0.25, 0.3) is 0 Å². The number of piperidine rings is 1. The third kappa shape index (κ3) is 9.87. The average Bonchev–Trinajstić information content (AvgIpc) is 3.40. The highest BCUT2D eigenvalue weighted by Gasteiger charge is 2.28. The second-order valence-corrected chi connectivity index (χ2v) is 13.7. The average molecular weight is 673 g/mol. The monoisotopic (exact) mass is 672 g/mol. The molecule has 1 saturated carbocycles. The van der Waals surface area contributed by atoms with Crippen molar-refractivity contribution in [2.75, 3.05) is 31.1 Å². The van der Waals surface area contributed by atoms with Crippen LogP contribution in [0.1, 0.15) is 78.5 Å². The molecule has 0 atom stereocenters. The molecule has 0 radical (unpaired) electrons. The van der Waals surface area contributed by atoms with Crippen LogP contribution in [0.4, 0.5) is 16.2 Å². The Morgan fingerprint density at radius 1 is 1.02 bits per heavy atom. The molecule has 2 heterocycles. The van der Waals surface area contributed by atoms with Crippen molar-refractivity contribution in [1.82, 2.24) is 19.8 Å². The van der Waals surface area contributed by atoms with Crippen LogP contribution in [0.25, 0.3) is 15.9 Å². The number of likely N-dealkylation sites (tertiary alicyclic amines) is 1. The lowest BCUT2D eigenvalue weighted by molar-refractivity contribution is -0.141. The Hall–Kier alpha value is -4.79. The van der Waals surface area contributed by atoms with Crippen LogP contribution in [0.5, 0.6) is 5.75 Å². The molecule has 12 nitrogen and oxygen atoms in total. The maximum atomic E-state index is 13.3. The molecule has 1 aliphatic carbocycles. The van der Waals surface area contributed by atoms with E-state index < -0.39 is 5.60 Å². The topological polar surface area (TPSA) is 120 Å². The van der Waals surface area contributed by atoms with Crippen LogP contribution in [0, 0.1) is 6.57 Å². The molecule has 1 saturated heterocycles. The molecule has 12 heteroatoms. The SMILES string of the molecule is [C-]#[N+]c1ccc2c(c1)nc(CN(CC(=O)OCC)c1ccc(OC3CCN(C(=O)OC(C)(C)C)CC3)cc1)n2CC(=O)NC1CCCCC1. The van der Waals surface area contributed by atoms with Gasteiger partial charge in [-0.2, -0.15) is 0 Å².